The van der Waals surface area contributed by atoms with E-state index in [9.17, 15) is 13.6 Å². The number of alkyl halides is 2. The first kappa shape index (κ1) is 22.6. The number of nitrogens with zero attached hydrogens (tertiary/aromatic N) is 5. The summed E-state index contributed by atoms with van der Waals surface area (Å²) in [7, 11) is 1.90. The molecule has 1 aromatic carbocycles. The molecule has 6 rings (SSSR count). The molecule has 8 nitrogen and oxygen atoms in total. The Morgan fingerprint density at radius 2 is 2.11 bits per heavy atom. The first-order valence-corrected chi connectivity index (χ1v) is 12.4. The van der Waals surface area contributed by atoms with Crippen molar-refractivity contribution in [2.75, 3.05) is 44.7 Å². The van der Waals surface area contributed by atoms with Crippen molar-refractivity contribution in [3.63, 3.8) is 0 Å². The van der Waals surface area contributed by atoms with E-state index in [1.165, 1.54) is 11.9 Å². The van der Waals surface area contributed by atoms with Crippen molar-refractivity contribution >= 4 is 23.6 Å². The Bertz CT molecular complexity index is 1200. The fourth-order valence-electron chi connectivity index (χ4n) is 6.18. The third-order valence-corrected chi connectivity index (χ3v) is 8.33. The lowest BCUT2D eigenvalue weighted by Crippen LogP contribution is -2.39. The highest BCUT2D eigenvalue weighted by molar-refractivity contribution is 5.79. The van der Waals surface area contributed by atoms with Crippen molar-refractivity contribution in [3.05, 3.63) is 40.1 Å². The number of likely N-dealkylation sites (N-methyl/N-ethyl adjacent to an activating group) is 1. The second-order valence-electron chi connectivity index (χ2n) is 10.2. The molecule has 5 heterocycles. The van der Waals surface area contributed by atoms with Crippen LogP contribution < -0.4 is 15.6 Å². The molecule has 0 saturated carbocycles. The maximum absolute atomic E-state index is 14.3. The quantitative estimate of drug-likeness (QED) is 0.488. The van der Waals surface area contributed by atoms with Crippen LogP contribution in [0, 0.1) is 0 Å². The van der Waals surface area contributed by atoms with E-state index in [2.05, 4.69) is 14.9 Å². The summed E-state index contributed by atoms with van der Waals surface area (Å²) in [5, 5.41) is 14.4. The maximum Gasteiger partial charge on any atom is 0.264 e. The average molecular weight is 485 g/mol. The first-order valence-electron chi connectivity index (χ1n) is 12.4. The van der Waals surface area contributed by atoms with Crippen LogP contribution in [0.25, 0.3) is 0 Å². The van der Waals surface area contributed by atoms with Gasteiger partial charge in [0.1, 0.15) is 5.54 Å². The Labute approximate surface area is 203 Å². The third-order valence-electron chi connectivity index (χ3n) is 8.33. The van der Waals surface area contributed by atoms with Gasteiger partial charge in [0.25, 0.3) is 6.43 Å². The van der Waals surface area contributed by atoms with E-state index >= 15 is 0 Å². The number of carbonyl (C=O) groups is 1. The maximum atomic E-state index is 14.3. The number of amides is 1. The number of nitrogens with two attached hydrogens (primary N) is 1. The number of hydrogen-bond donors (Lipinski definition) is 2. The van der Waals surface area contributed by atoms with Crippen molar-refractivity contribution < 1.29 is 19.0 Å². The van der Waals surface area contributed by atoms with Crippen LogP contribution in [0.15, 0.2) is 12.1 Å². The fraction of sp³-hybridized carbons (Fsp3) is 0.560. The molecular formula is C25H32F2N7O+. The van der Waals surface area contributed by atoms with Crippen LogP contribution in [-0.2, 0) is 29.7 Å². The minimum absolute atomic E-state index is 0.0281. The first-order chi connectivity index (χ1) is 16.8. The lowest BCUT2D eigenvalue weighted by atomic mass is 9.91. The molecule has 4 aliphatic rings. The van der Waals surface area contributed by atoms with Crippen LogP contribution in [0.4, 0.5) is 20.3 Å². The smallest absolute Gasteiger partial charge is 0.264 e. The van der Waals surface area contributed by atoms with E-state index in [4.69, 9.17) is 10.5 Å². The molecule has 0 aliphatic carbocycles. The number of rotatable bonds is 5. The summed E-state index contributed by atoms with van der Waals surface area (Å²) in [4.78, 5) is 18.1. The highest BCUT2D eigenvalue weighted by Gasteiger charge is 2.54. The molecule has 10 heteroatoms. The molecule has 1 aromatic heterocycles. The van der Waals surface area contributed by atoms with Crippen LogP contribution in [0.3, 0.4) is 0 Å². The fourth-order valence-corrected chi connectivity index (χ4v) is 6.18. The largest absolute Gasteiger partial charge is 0.338 e. The van der Waals surface area contributed by atoms with E-state index in [0.29, 0.717) is 31.7 Å². The molecule has 3 unspecified atom stereocenters. The highest BCUT2D eigenvalue weighted by Crippen LogP contribution is 2.47. The summed E-state index contributed by atoms with van der Waals surface area (Å²) in [6.07, 6.45) is 1.44. The number of carbonyl (C=O) groups excluding carboxylic acids is 1. The Morgan fingerprint density at radius 1 is 1.31 bits per heavy atom. The molecular weight excluding hydrogens is 452 g/mol. The summed E-state index contributed by atoms with van der Waals surface area (Å²) < 4.78 is 30.8. The predicted octanol–water partition coefficient (Wildman–Crippen LogP) is 0.925. The van der Waals surface area contributed by atoms with Crippen molar-refractivity contribution in [1.82, 2.24) is 24.9 Å². The summed E-state index contributed by atoms with van der Waals surface area (Å²) in [5.74, 6) is 0.841. The zero-order valence-corrected chi connectivity index (χ0v) is 20.2. The number of aromatic nitrogens is 2. The Kier molecular flexibility index (Phi) is 5.23. The third kappa shape index (κ3) is 3.41. The van der Waals surface area contributed by atoms with Crippen molar-refractivity contribution in [2.45, 2.75) is 50.7 Å². The van der Waals surface area contributed by atoms with E-state index in [0.717, 1.165) is 55.0 Å². The zero-order valence-electron chi connectivity index (χ0n) is 20.2. The van der Waals surface area contributed by atoms with Gasteiger partial charge < -0.3 is 15.1 Å². The Balaban J connectivity index is 1.45. The number of anilines is 2. The highest BCUT2D eigenvalue weighted by atomic mass is 19.3. The molecule has 3 N–H and O–H groups in total. The van der Waals surface area contributed by atoms with Crippen LogP contribution in [0.5, 0.6) is 0 Å². The molecule has 2 aromatic rings. The van der Waals surface area contributed by atoms with E-state index in [1.54, 1.807) is 13.0 Å². The lowest BCUT2D eigenvalue weighted by molar-refractivity contribution is -0.129. The van der Waals surface area contributed by atoms with Crippen LogP contribution in [-0.4, -0.2) is 71.5 Å². The van der Waals surface area contributed by atoms with Gasteiger partial charge in [-0.05, 0) is 43.6 Å². The molecule has 0 spiro atoms. The predicted molar refractivity (Wildman–Crippen MR) is 128 cm³/mol. The summed E-state index contributed by atoms with van der Waals surface area (Å²) in [5.41, 5.74) is 4.05. The standard InChI is InChI=1S/C25H31F2N7O/c1-15(35)32-7-5-21-19(12-32)24(30-34(21)17-3-6-29-11-17)33-8-4-16-9-20(25(13-28)14-31(25)2)18(23(26)27)10-22(16)33/h9-10,13,17,23,28-29H,3-8,11-12,14H2,1-2H3/p+1. The molecule has 1 amide bonds. The number of hydrogen-bond acceptors (Lipinski definition) is 5. The SMILES string of the molecule is CC(=O)N1CCc2c(c(N3CCc4cc(C5(C=[NH2+])CN5C)c(C(F)F)cc43)nn2C2CCNC2)C1. The molecule has 2 saturated heterocycles. The van der Waals surface area contributed by atoms with Gasteiger partial charge in [-0.25, -0.2) is 8.78 Å². The van der Waals surface area contributed by atoms with Gasteiger partial charge in [-0.3, -0.25) is 19.8 Å². The van der Waals surface area contributed by atoms with Crippen molar-refractivity contribution in [2.24, 2.45) is 0 Å². The number of fused-ring (bicyclic) bond motifs is 2. The average Bonchev–Trinajstić information content (AvgIpc) is 3.28. The van der Waals surface area contributed by atoms with Crippen LogP contribution in [0.1, 0.15) is 53.8 Å². The van der Waals surface area contributed by atoms with Crippen molar-refractivity contribution in [3.8, 4) is 0 Å². The van der Waals surface area contributed by atoms with E-state index < -0.39 is 12.0 Å². The van der Waals surface area contributed by atoms with Gasteiger partial charge >= 0.3 is 0 Å². The minimum Gasteiger partial charge on any atom is -0.338 e. The van der Waals surface area contributed by atoms with Gasteiger partial charge in [-0.2, -0.15) is 5.10 Å². The molecule has 2 fully saturated rings. The van der Waals surface area contributed by atoms with E-state index in [1.807, 2.05) is 22.9 Å². The van der Waals surface area contributed by atoms with Gasteiger partial charge in [0.15, 0.2) is 12.0 Å². The number of halogens is 2. The topological polar surface area (TPSA) is 82.0 Å². The molecule has 3 atom stereocenters. The minimum atomic E-state index is -2.60. The van der Waals surface area contributed by atoms with Gasteiger partial charge in [0.05, 0.1) is 12.6 Å². The molecule has 4 aliphatic heterocycles. The van der Waals surface area contributed by atoms with E-state index in [-0.39, 0.29) is 17.5 Å². The number of nitrogens with one attached hydrogen (secondary N) is 1. The summed E-state index contributed by atoms with van der Waals surface area (Å²) >= 11 is 0. The van der Waals surface area contributed by atoms with Crippen LogP contribution >= 0.6 is 0 Å². The van der Waals surface area contributed by atoms with Crippen molar-refractivity contribution in [1.29, 1.82) is 0 Å². The summed E-state index contributed by atoms with van der Waals surface area (Å²) in [6, 6.07) is 3.84. The van der Waals surface area contributed by atoms with Crippen LogP contribution in [0.2, 0.25) is 0 Å². The Morgan fingerprint density at radius 3 is 2.74 bits per heavy atom. The van der Waals surface area contributed by atoms with Gasteiger partial charge in [-0.15, -0.1) is 0 Å². The zero-order chi connectivity index (χ0) is 24.5. The van der Waals surface area contributed by atoms with Gasteiger partial charge in [0.2, 0.25) is 5.91 Å². The molecule has 0 bridgehead atoms. The number of benzene rings is 1. The summed E-state index contributed by atoms with van der Waals surface area (Å²) in [6.45, 7) is 5.90. The Hall–Kier alpha value is -2.85. The molecule has 35 heavy (non-hydrogen) atoms. The van der Waals surface area contributed by atoms with Gasteiger partial charge in [0, 0.05) is 62.0 Å². The second kappa shape index (κ2) is 8.09. The lowest BCUT2D eigenvalue weighted by Gasteiger charge is -2.28. The molecule has 0 radical (unpaired) electrons. The molecule has 186 valence electrons. The van der Waals surface area contributed by atoms with Gasteiger partial charge in [-0.1, -0.05) is 6.07 Å². The second-order valence-corrected chi connectivity index (χ2v) is 10.2. The monoisotopic (exact) mass is 484 g/mol. The normalized spacial score (nSPS) is 27.3.